The van der Waals surface area contributed by atoms with Crippen LogP contribution in [0.5, 0.6) is 11.5 Å². The molecule has 0 heterocycles. The SMILES string of the molecule is COc1cc(Cl)ccc1O[C@H](c1ccccc1)[C@@H](CO[Si](C)(C)C)CS(=O)(=O)O. The largest absolute Gasteiger partial charge is 0.493 e. The van der Waals surface area contributed by atoms with Crippen molar-refractivity contribution in [3.8, 4) is 11.5 Å². The summed E-state index contributed by atoms with van der Waals surface area (Å²) in [6.07, 6.45) is -0.690. The first-order valence-electron chi connectivity index (χ1n) is 9.13. The fraction of sp³-hybridized carbons (Fsp3) is 0.400. The van der Waals surface area contributed by atoms with E-state index in [2.05, 4.69) is 0 Å². The summed E-state index contributed by atoms with van der Waals surface area (Å²) in [5, 5.41) is 0.488. The molecule has 0 radical (unpaired) electrons. The number of hydrogen-bond acceptors (Lipinski definition) is 5. The van der Waals surface area contributed by atoms with Gasteiger partial charge in [0.15, 0.2) is 19.8 Å². The Morgan fingerprint density at radius 3 is 2.28 bits per heavy atom. The van der Waals surface area contributed by atoms with Crippen molar-refractivity contribution >= 4 is 30.0 Å². The van der Waals surface area contributed by atoms with Crippen molar-refractivity contribution in [1.82, 2.24) is 0 Å². The van der Waals surface area contributed by atoms with Gasteiger partial charge in [0.05, 0.1) is 12.9 Å². The Bertz CT molecular complexity index is 899. The van der Waals surface area contributed by atoms with Crippen molar-refractivity contribution < 1.29 is 26.9 Å². The van der Waals surface area contributed by atoms with Crippen LogP contribution in [0, 0.1) is 5.92 Å². The van der Waals surface area contributed by atoms with Gasteiger partial charge in [-0.25, -0.2) is 0 Å². The molecule has 0 aliphatic heterocycles. The van der Waals surface area contributed by atoms with Gasteiger partial charge >= 0.3 is 0 Å². The summed E-state index contributed by atoms with van der Waals surface area (Å²) in [6.45, 7) is 6.17. The molecule has 9 heteroatoms. The van der Waals surface area contributed by atoms with Crippen LogP contribution in [0.4, 0.5) is 0 Å². The van der Waals surface area contributed by atoms with Gasteiger partial charge in [-0.2, -0.15) is 8.42 Å². The standard InChI is InChI=1S/C20H27ClO6SSi/c1-25-19-12-17(21)10-11-18(19)27-20(15-8-6-5-7-9-15)16(14-28(22,23)24)13-26-29(2,3)4/h5-12,16,20H,13-14H2,1-4H3,(H,22,23,24)/t16-,20+/m0/s1. The maximum Gasteiger partial charge on any atom is 0.265 e. The van der Waals surface area contributed by atoms with E-state index in [1.54, 1.807) is 18.2 Å². The van der Waals surface area contributed by atoms with E-state index in [4.69, 9.17) is 25.5 Å². The fourth-order valence-electron chi connectivity index (χ4n) is 2.81. The fourth-order valence-corrected chi connectivity index (χ4v) is 4.49. The molecule has 2 atom stereocenters. The number of methoxy groups -OCH3 is 1. The Morgan fingerprint density at radius 2 is 1.72 bits per heavy atom. The van der Waals surface area contributed by atoms with Crippen LogP contribution in [0.15, 0.2) is 48.5 Å². The molecule has 0 aliphatic rings. The van der Waals surface area contributed by atoms with Gasteiger partial charge in [0.25, 0.3) is 10.1 Å². The minimum absolute atomic E-state index is 0.130. The third kappa shape index (κ3) is 7.98. The molecule has 1 N–H and O–H groups in total. The highest BCUT2D eigenvalue weighted by Crippen LogP contribution is 2.37. The normalized spacial score (nSPS) is 14.3. The van der Waals surface area contributed by atoms with E-state index in [-0.39, 0.29) is 6.61 Å². The average Bonchev–Trinajstić information content (AvgIpc) is 2.63. The van der Waals surface area contributed by atoms with Gasteiger partial charge in [-0.15, -0.1) is 0 Å². The molecular formula is C20H27ClO6SSi. The molecule has 2 aromatic carbocycles. The molecule has 0 amide bonds. The summed E-state index contributed by atoms with van der Waals surface area (Å²) >= 11 is 6.04. The maximum atomic E-state index is 11.7. The van der Waals surface area contributed by atoms with Crippen LogP contribution in [-0.2, 0) is 14.5 Å². The number of ether oxygens (including phenoxy) is 2. The summed E-state index contributed by atoms with van der Waals surface area (Å²) in [5.41, 5.74) is 0.761. The molecule has 2 aromatic rings. The first-order valence-corrected chi connectivity index (χ1v) is 14.5. The third-order valence-corrected chi connectivity index (χ3v) is 6.21. The van der Waals surface area contributed by atoms with Crippen molar-refractivity contribution in [2.24, 2.45) is 5.92 Å². The van der Waals surface area contributed by atoms with E-state index in [0.717, 1.165) is 5.56 Å². The molecule has 0 bridgehead atoms. The summed E-state index contributed by atoms with van der Waals surface area (Å²) in [4.78, 5) is 0. The van der Waals surface area contributed by atoms with Gasteiger partial charge in [-0.3, -0.25) is 4.55 Å². The topological polar surface area (TPSA) is 82.1 Å². The Kier molecular flexibility index (Phi) is 8.13. The second kappa shape index (κ2) is 9.95. The van der Waals surface area contributed by atoms with Gasteiger partial charge in [-0.1, -0.05) is 41.9 Å². The smallest absolute Gasteiger partial charge is 0.265 e. The highest BCUT2D eigenvalue weighted by molar-refractivity contribution is 7.85. The molecule has 0 saturated carbocycles. The van der Waals surface area contributed by atoms with Crippen molar-refractivity contribution in [2.45, 2.75) is 25.7 Å². The third-order valence-electron chi connectivity index (χ3n) is 4.09. The Labute approximate surface area is 178 Å². The Hall–Kier alpha value is -1.58. The number of halogens is 1. The quantitative estimate of drug-likeness (QED) is 0.405. The van der Waals surface area contributed by atoms with Gasteiger partial charge < -0.3 is 13.9 Å². The van der Waals surface area contributed by atoms with Crippen LogP contribution >= 0.6 is 11.6 Å². The zero-order chi connectivity index (χ0) is 21.7. The van der Waals surface area contributed by atoms with Crippen LogP contribution < -0.4 is 9.47 Å². The number of hydrogen-bond donors (Lipinski definition) is 1. The summed E-state index contributed by atoms with van der Waals surface area (Å²) < 4.78 is 50.6. The van der Waals surface area contributed by atoms with Crippen LogP contribution in [0.25, 0.3) is 0 Å². The zero-order valence-corrected chi connectivity index (χ0v) is 19.5. The van der Waals surface area contributed by atoms with Gasteiger partial charge in [0.2, 0.25) is 0 Å². The summed E-state index contributed by atoms with van der Waals surface area (Å²) in [7, 11) is -4.69. The molecule has 29 heavy (non-hydrogen) atoms. The predicted octanol–water partition coefficient (Wildman–Crippen LogP) is 4.82. The number of rotatable bonds is 10. The summed E-state index contributed by atoms with van der Waals surface area (Å²) in [5.74, 6) is -0.291. The summed E-state index contributed by atoms with van der Waals surface area (Å²) in [6, 6.07) is 14.2. The van der Waals surface area contributed by atoms with Crippen molar-refractivity contribution in [2.75, 3.05) is 19.5 Å². The lowest BCUT2D eigenvalue weighted by Gasteiger charge is -2.30. The Balaban J connectivity index is 2.46. The monoisotopic (exact) mass is 458 g/mol. The highest BCUT2D eigenvalue weighted by Gasteiger charge is 2.32. The lowest BCUT2D eigenvalue weighted by Crippen LogP contribution is -2.35. The minimum Gasteiger partial charge on any atom is -0.493 e. The van der Waals surface area contributed by atoms with E-state index in [9.17, 15) is 13.0 Å². The molecule has 0 saturated heterocycles. The molecule has 2 rings (SSSR count). The number of benzene rings is 2. The first-order chi connectivity index (χ1) is 13.5. The predicted molar refractivity (Wildman–Crippen MR) is 117 cm³/mol. The van der Waals surface area contributed by atoms with Crippen LogP contribution in [0.3, 0.4) is 0 Å². The van der Waals surface area contributed by atoms with Gasteiger partial charge in [0, 0.05) is 23.6 Å². The van der Waals surface area contributed by atoms with Gasteiger partial charge in [-0.05, 0) is 37.3 Å². The van der Waals surface area contributed by atoms with E-state index in [0.29, 0.717) is 16.5 Å². The van der Waals surface area contributed by atoms with E-state index >= 15 is 0 Å². The molecular weight excluding hydrogens is 432 g/mol. The molecule has 0 aromatic heterocycles. The highest BCUT2D eigenvalue weighted by atomic mass is 35.5. The van der Waals surface area contributed by atoms with E-state index in [1.165, 1.54) is 7.11 Å². The Morgan fingerprint density at radius 1 is 1.07 bits per heavy atom. The van der Waals surface area contributed by atoms with Crippen LogP contribution in [0.2, 0.25) is 24.7 Å². The molecule has 0 aliphatic carbocycles. The average molecular weight is 459 g/mol. The molecule has 0 unspecified atom stereocenters. The van der Waals surface area contributed by atoms with Gasteiger partial charge in [0.1, 0.15) is 6.10 Å². The maximum absolute atomic E-state index is 11.7. The van der Waals surface area contributed by atoms with Crippen LogP contribution in [0.1, 0.15) is 11.7 Å². The minimum atomic E-state index is -4.26. The molecule has 0 fully saturated rings. The molecule has 160 valence electrons. The van der Waals surface area contributed by atoms with E-state index < -0.39 is 36.2 Å². The van der Waals surface area contributed by atoms with Crippen molar-refractivity contribution in [3.63, 3.8) is 0 Å². The zero-order valence-electron chi connectivity index (χ0n) is 17.0. The molecule has 6 nitrogen and oxygen atoms in total. The lowest BCUT2D eigenvalue weighted by molar-refractivity contribution is 0.100. The van der Waals surface area contributed by atoms with E-state index in [1.807, 2.05) is 50.0 Å². The van der Waals surface area contributed by atoms with Crippen molar-refractivity contribution in [1.29, 1.82) is 0 Å². The first kappa shape index (κ1) is 23.7. The second-order valence-corrected chi connectivity index (χ2v) is 14.1. The van der Waals surface area contributed by atoms with Crippen molar-refractivity contribution in [3.05, 3.63) is 59.1 Å². The second-order valence-electron chi connectivity index (χ2n) is 7.68. The molecule has 0 spiro atoms. The van der Waals surface area contributed by atoms with Crippen LogP contribution in [-0.4, -0.2) is 40.8 Å². The lowest BCUT2D eigenvalue weighted by atomic mass is 9.97.